The summed E-state index contributed by atoms with van der Waals surface area (Å²) in [6, 6.07) is 19.3. The van der Waals surface area contributed by atoms with Gasteiger partial charge in [-0.2, -0.15) is 0 Å². The standard InChI is InChI=1S/C22H31N5O2S/c1-23-22(24-14-15-25-30(28,29)21-10-6-3-7-11-21)26-20-12-16-27(17-13-20)18-19-8-4-2-5-9-19/h2-11,20,25H,12-18H2,1H3,(H2,23,24,26). The monoisotopic (exact) mass is 429 g/mol. The van der Waals surface area contributed by atoms with Crippen LogP contribution in [-0.2, 0) is 16.6 Å². The second-order valence-electron chi connectivity index (χ2n) is 7.39. The summed E-state index contributed by atoms with van der Waals surface area (Å²) in [6.45, 7) is 3.81. The van der Waals surface area contributed by atoms with Crippen molar-refractivity contribution in [1.82, 2.24) is 20.3 Å². The molecule has 7 nitrogen and oxygen atoms in total. The van der Waals surface area contributed by atoms with Crippen LogP contribution in [0.5, 0.6) is 0 Å². The van der Waals surface area contributed by atoms with E-state index < -0.39 is 10.0 Å². The highest BCUT2D eigenvalue weighted by Gasteiger charge is 2.20. The van der Waals surface area contributed by atoms with E-state index >= 15 is 0 Å². The van der Waals surface area contributed by atoms with E-state index in [4.69, 9.17) is 0 Å². The number of benzene rings is 2. The maximum atomic E-state index is 12.2. The van der Waals surface area contributed by atoms with Crippen molar-refractivity contribution in [3.05, 3.63) is 66.2 Å². The van der Waals surface area contributed by atoms with Gasteiger partial charge >= 0.3 is 0 Å². The summed E-state index contributed by atoms with van der Waals surface area (Å²) < 4.78 is 27.1. The molecule has 2 aromatic carbocycles. The van der Waals surface area contributed by atoms with Crippen LogP contribution in [0, 0.1) is 0 Å². The van der Waals surface area contributed by atoms with Gasteiger partial charge in [-0.1, -0.05) is 48.5 Å². The fourth-order valence-corrected chi connectivity index (χ4v) is 4.57. The van der Waals surface area contributed by atoms with Gasteiger partial charge in [0.1, 0.15) is 0 Å². The number of hydrogen-bond donors (Lipinski definition) is 3. The molecule has 0 amide bonds. The molecule has 8 heteroatoms. The molecule has 0 radical (unpaired) electrons. The largest absolute Gasteiger partial charge is 0.355 e. The van der Waals surface area contributed by atoms with E-state index in [9.17, 15) is 8.42 Å². The second kappa shape index (κ2) is 11.1. The van der Waals surface area contributed by atoms with Gasteiger partial charge in [0, 0.05) is 45.8 Å². The Bertz CT molecular complexity index is 896. The first kappa shape index (κ1) is 22.3. The molecule has 0 unspecified atom stereocenters. The number of rotatable bonds is 8. The molecule has 3 N–H and O–H groups in total. The third-order valence-electron chi connectivity index (χ3n) is 5.16. The number of aliphatic imine (C=N–C) groups is 1. The summed E-state index contributed by atoms with van der Waals surface area (Å²) in [7, 11) is -1.75. The molecule has 1 heterocycles. The van der Waals surface area contributed by atoms with E-state index in [0.717, 1.165) is 32.5 Å². The molecule has 1 fully saturated rings. The van der Waals surface area contributed by atoms with Gasteiger partial charge in [0.2, 0.25) is 10.0 Å². The van der Waals surface area contributed by atoms with Crippen LogP contribution >= 0.6 is 0 Å². The van der Waals surface area contributed by atoms with E-state index in [2.05, 4.69) is 49.5 Å². The van der Waals surface area contributed by atoms with Crippen LogP contribution in [0.4, 0.5) is 0 Å². The number of hydrogen-bond acceptors (Lipinski definition) is 4. The highest BCUT2D eigenvalue weighted by Crippen LogP contribution is 2.13. The molecule has 1 aliphatic heterocycles. The second-order valence-corrected chi connectivity index (χ2v) is 9.16. The first-order valence-electron chi connectivity index (χ1n) is 10.3. The van der Waals surface area contributed by atoms with Gasteiger partial charge in [-0.3, -0.25) is 9.89 Å². The van der Waals surface area contributed by atoms with Gasteiger partial charge in [0.15, 0.2) is 5.96 Å². The van der Waals surface area contributed by atoms with Gasteiger partial charge in [-0.25, -0.2) is 13.1 Å². The molecular weight excluding hydrogens is 398 g/mol. The van der Waals surface area contributed by atoms with E-state index in [1.807, 2.05) is 6.07 Å². The number of nitrogens with one attached hydrogen (secondary N) is 3. The van der Waals surface area contributed by atoms with Crippen molar-refractivity contribution in [3.63, 3.8) is 0 Å². The highest BCUT2D eigenvalue weighted by atomic mass is 32.2. The van der Waals surface area contributed by atoms with Crippen LogP contribution in [0.2, 0.25) is 0 Å². The third-order valence-corrected chi connectivity index (χ3v) is 6.64. The normalized spacial score (nSPS) is 16.4. The first-order chi connectivity index (χ1) is 14.6. The number of piperidine rings is 1. The van der Waals surface area contributed by atoms with Gasteiger partial charge in [-0.05, 0) is 30.5 Å². The molecule has 3 rings (SSSR count). The van der Waals surface area contributed by atoms with Crippen LogP contribution < -0.4 is 15.4 Å². The molecule has 1 saturated heterocycles. The lowest BCUT2D eigenvalue weighted by Gasteiger charge is -2.33. The van der Waals surface area contributed by atoms with Crippen LogP contribution in [0.3, 0.4) is 0 Å². The molecular formula is C22H31N5O2S. The zero-order valence-electron chi connectivity index (χ0n) is 17.4. The SMILES string of the molecule is CN=C(NCCNS(=O)(=O)c1ccccc1)NC1CCN(Cc2ccccc2)CC1. The molecule has 1 aliphatic rings. The molecule has 0 atom stereocenters. The minimum absolute atomic E-state index is 0.273. The third kappa shape index (κ3) is 6.83. The van der Waals surface area contributed by atoms with Crippen molar-refractivity contribution >= 4 is 16.0 Å². The van der Waals surface area contributed by atoms with Crippen molar-refractivity contribution in [2.75, 3.05) is 33.2 Å². The molecule has 0 bridgehead atoms. The van der Waals surface area contributed by atoms with Crippen molar-refractivity contribution in [3.8, 4) is 0 Å². The molecule has 30 heavy (non-hydrogen) atoms. The average Bonchev–Trinajstić information content (AvgIpc) is 2.78. The number of sulfonamides is 1. The Balaban J connectivity index is 1.36. The Morgan fingerprint density at radius 2 is 1.63 bits per heavy atom. The minimum Gasteiger partial charge on any atom is -0.355 e. The quantitative estimate of drug-likeness (QED) is 0.338. The summed E-state index contributed by atoms with van der Waals surface area (Å²) in [5.74, 6) is 0.704. The number of guanidine groups is 1. The summed E-state index contributed by atoms with van der Waals surface area (Å²) in [5, 5.41) is 6.64. The predicted octanol–water partition coefficient (Wildman–Crippen LogP) is 1.79. The fraction of sp³-hybridized carbons (Fsp3) is 0.409. The lowest BCUT2D eigenvalue weighted by Crippen LogP contribution is -2.49. The van der Waals surface area contributed by atoms with Crippen molar-refractivity contribution in [2.45, 2.75) is 30.3 Å². The van der Waals surface area contributed by atoms with E-state index in [1.165, 1.54) is 5.56 Å². The smallest absolute Gasteiger partial charge is 0.240 e. The molecule has 0 spiro atoms. The fourth-order valence-electron chi connectivity index (χ4n) is 3.51. The van der Waals surface area contributed by atoms with E-state index in [0.29, 0.717) is 18.5 Å². The molecule has 0 aliphatic carbocycles. The van der Waals surface area contributed by atoms with Crippen LogP contribution in [0.15, 0.2) is 70.6 Å². The van der Waals surface area contributed by atoms with Crippen molar-refractivity contribution in [1.29, 1.82) is 0 Å². The van der Waals surface area contributed by atoms with Crippen LogP contribution in [0.25, 0.3) is 0 Å². The predicted molar refractivity (Wildman–Crippen MR) is 121 cm³/mol. The van der Waals surface area contributed by atoms with Crippen LogP contribution in [-0.4, -0.2) is 58.5 Å². The molecule has 0 saturated carbocycles. The average molecular weight is 430 g/mol. The summed E-state index contributed by atoms with van der Waals surface area (Å²) in [4.78, 5) is 7.01. The highest BCUT2D eigenvalue weighted by molar-refractivity contribution is 7.89. The lowest BCUT2D eigenvalue weighted by atomic mass is 10.0. The van der Waals surface area contributed by atoms with Gasteiger partial charge in [0.05, 0.1) is 4.90 Å². The summed E-state index contributed by atoms with van der Waals surface area (Å²) in [6.07, 6.45) is 2.10. The van der Waals surface area contributed by atoms with E-state index in [1.54, 1.807) is 37.4 Å². The maximum Gasteiger partial charge on any atom is 0.240 e. The summed E-state index contributed by atoms with van der Waals surface area (Å²) in [5.41, 5.74) is 1.35. The zero-order chi connectivity index (χ0) is 21.2. The molecule has 2 aromatic rings. The van der Waals surface area contributed by atoms with Crippen molar-refractivity contribution in [2.24, 2.45) is 4.99 Å². The van der Waals surface area contributed by atoms with Crippen molar-refractivity contribution < 1.29 is 8.42 Å². The maximum absolute atomic E-state index is 12.2. The zero-order valence-corrected chi connectivity index (χ0v) is 18.2. The van der Waals surface area contributed by atoms with Gasteiger partial charge < -0.3 is 10.6 Å². The Hall–Kier alpha value is -2.42. The van der Waals surface area contributed by atoms with Gasteiger partial charge in [-0.15, -0.1) is 0 Å². The number of likely N-dealkylation sites (tertiary alicyclic amines) is 1. The van der Waals surface area contributed by atoms with Crippen LogP contribution in [0.1, 0.15) is 18.4 Å². The first-order valence-corrected chi connectivity index (χ1v) is 11.8. The lowest BCUT2D eigenvalue weighted by molar-refractivity contribution is 0.198. The van der Waals surface area contributed by atoms with E-state index in [-0.39, 0.29) is 11.4 Å². The Kier molecular flexibility index (Phi) is 8.24. The Morgan fingerprint density at radius 1 is 1.00 bits per heavy atom. The summed E-state index contributed by atoms with van der Waals surface area (Å²) >= 11 is 0. The Labute approximate surface area is 179 Å². The molecule has 162 valence electrons. The molecule has 0 aromatic heterocycles. The topological polar surface area (TPSA) is 85.8 Å². The number of nitrogens with zero attached hydrogens (tertiary/aromatic N) is 2. The minimum atomic E-state index is -3.48. The Morgan fingerprint density at radius 3 is 2.27 bits per heavy atom. The van der Waals surface area contributed by atoms with Gasteiger partial charge in [0.25, 0.3) is 0 Å².